The molecule has 39 heavy (non-hydrogen) atoms. The Hall–Kier alpha value is -3.87. The summed E-state index contributed by atoms with van der Waals surface area (Å²) in [6.45, 7) is 5.00. The predicted octanol–water partition coefficient (Wildman–Crippen LogP) is 5.89. The number of likely N-dealkylation sites (tertiary alicyclic amines) is 1. The number of hydrogen-bond donors (Lipinski definition) is 1. The molecule has 1 aliphatic heterocycles. The average Bonchev–Trinajstić information content (AvgIpc) is 3.44. The number of carbonyl (C=O) groups is 1. The summed E-state index contributed by atoms with van der Waals surface area (Å²) >= 11 is 0. The Morgan fingerprint density at radius 2 is 1.51 bits per heavy atom. The van der Waals surface area contributed by atoms with E-state index in [1.54, 1.807) is 13.2 Å². The molecule has 202 valence electrons. The molecular weight excluding hydrogens is 486 g/mol. The number of nitrogens with one attached hydrogen (secondary N) is 1. The number of ether oxygens (including phenoxy) is 1. The molecule has 1 aromatic heterocycles. The molecule has 1 N–H and O–H groups in total. The van der Waals surface area contributed by atoms with Gasteiger partial charge in [0, 0.05) is 38.8 Å². The minimum atomic E-state index is -0.134. The van der Waals surface area contributed by atoms with Crippen LogP contribution in [0.25, 0.3) is 0 Å². The Bertz CT molecular complexity index is 1310. The van der Waals surface area contributed by atoms with Crippen LogP contribution in [0.5, 0.6) is 5.75 Å². The number of furan rings is 1. The van der Waals surface area contributed by atoms with Gasteiger partial charge in [-0.05, 0) is 53.8 Å². The topological polar surface area (TPSA) is 58.0 Å². The van der Waals surface area contributed by atoms with Crippen LogP contribution in [-0.2, 0) is 26.2 Å². The maximum absolute atomic E-state index is 13.0. The van der Waals surface area contributed by atoms with E-state index in [1.807, 2.05) is 30.3 Å². The van der Waals surface area contributed by atoms with Crippen molar-refractivity contribution >= 4 is 5.91 Å². The summed E-state index contributed by atoms with van der Waals surface area (Å²) in [7, 11) is 1.68. The van der Waals surface area contributed by atoms with E-state index in [1.165, 1.54) is 11.1 Å². The van der Waals surface area contributed by atoms with E-state index in [4.69, 9.17) is 9.15 Å². The Kier molecular flexibility index (Phi) is 9.09. The number of benzene rings is 3. The van der Waals surface area contributed by atoms with Crippen molar-refractivity contribution in [3.05, 3.63) is 125 Å². The van der Waals surface area contributed by atoms with Crippen LogP contribution in [0.3, 0.4) is 0 Å². The largest absolute Gasteiger partial charge is 0.497 e. The normalized spacial score (nSPS) is 14.4. The van der Waals surface area contributed by atoms with Gasteiger partial charge >= 0.3 is 0 Å². The SMILES string of the molecule is COc1cccc(CN(Cc2ccccc2)Cc2ccc(C(=O)NC3CCN(Cc4ccccc4)CC3)o2)c1. The van der Waals surface area contributed by atoms with Gasteiger partial charge in [-0.3, -0.25) is 14.6 Å². The number of carbonyl (C=O) groups excluding carboxylic acids is 1. The quantitative estimate of drug-likeness (QED) is 0.266. The van der Waals surface area contributed by atoms with Crippen LogP contribution in [0.15, 0.2) is 101 Å². The first-order chi connectivity index (χ1) is 19.1. The second kappa shape index (κ2) is 13.3. The molecule has 2 heterocycles. The first-order valence-electron chi connectivity index (χ1n) is 13.7. The highest BCUT2D eigenvalue weighted by molar-refractivity contribution is 5.91. The summed E-state index contributed by atoms with van der Waals surface area (Å²) in [5.74, 6) is 1.86. The fourth-order valence-corrected chi connectivity index (χ4v) is 5.18. The van der Waals surface area contributed by atoms with Crippen LogP contribution in [-0.4, -0.2) is 41.9 Å². The maximum atomic E-state index is 13.0. The van der Waals surface area contributed by atoms with Crippen molar-refractivity contribution in [1.82, 2.24) is 15.1 Å². The van der Waals surface area contributed by atoms with Gasteiger partial charge in [-0.25, -0.2) is 0 Å². The first kappa shape index (κ1) is 26.7. The number of nitrogens with zero attached hydrogens (tertiary/aromatic N) is 2. The lowest BCUT2D eigenvalue weighted by atomic mass is 10.0. The molecule has 1 saturated heterocycles. The van der Waals surface area contributed by atoms with Gasteiger partial charge in [0.05, 0.1) is 13.7 Å². The molecule has 0 atom stereocenters. The zero-order valence-corrected chi connectivity index (χ0v) is 22.6. The van der Waals surface area contributed by atoms with Gasteiger partial charge in [0.15, 0.2) is 5.76 Å². The molecule has 3 aromatic carbocycles. The van der Waals surface area contributed by atoms with Crippen LogP contribution < -0.4 is 10.1 Å². The summed E-state index contributed by atoms with van der Waals surface area (Å²) in [5, 5.41) is 3.19. The maximum Gasteiger partial charge on any atom is 0.287 e. The molecule has 0 spiro atoms. The zero-order chi connectivity index (χ0) is 26.9. The average molecular weight is 524 g/mol. The Labute approximate surface area is 231 Å². The molecule has 1 fully saturated rings. The predicted molar refractivity (Wildman–Crippen MR) is 153 cm³/mol. The molecule has 0 saturated carbocycles. The third kappa shape index (κ3) is 7.82. The van der Waals surface area contributed by atoms with Crippen LogP contribution >= 0.6 is 0 Å². The second-order valence-electron chi connectivity index (χ2n) is 10.3. The summed E-state index contributed by atoms with van der Waals surface area (Å²) in [6, 6.07) is 33.0. The number of piperidine rings is 1. The number of rotatable bonds is 11. The molecule has 0 aliphatic carbocycles. The van der Waals surface area contributed by atoms with Crippen LogP contribution in [0.2, 0.25) is 0 Å². The second-order valence-corrected chi connectivity index (χ2v) is 10.3. The highest BCUT2D eigenvalue weighted by atomic mass is 16.5. The van der Waals surface area contributed by atoms with E-state index < -0.39 is 0 Å². The lowest BCUT2D eigenvalue weighted by Gasteiger charge is -2.32. The molecule has 6 heteroatoms. The Morgan fingerprint density at radius 3 is 2.23 bits per heavy atom. The summed E-state index contributed by atoms with van der Waals surface area (Å²) in [6.07, 6.45) is 1.88. The molecule has 4 aromatic rings. The van der Waals surface area contributed by atoms with Crippen molar-refractivity contribution in [3.8, 4) is 5.75 Å². The summed E-state index contributed by atoms with van der Waals surface area (Å²) < 4.78 is 11.5. The number of amides is 1. The highest BCUT2D eigenvalue weighted by Gasteiger charge is 2.23. The van der Waals surface area contributed by atoms with E-state index in [0.717, 1.165) is 62.6 Å². The summed E-state index contributed by atoms with van der Waals surface area (Å²) in [4.78, 5) is 17.8. The van der Waals surface area contributed by atoms with Crippen LogP contribution in [0.1, 0.15) is 45.8 Å². The van der Waals surface area contributed by atoms with Crippen molar-refractivity contribution in [1.29, 1.82) is 0 Å². The van der Waals surface area contributed by atoms with Gasteiger partial charge in [-0.15, -0.1) is 0 Å². The van der Waals surface area contributed by atoms with E-state index >= 15 is 0 Å². The molecule has 6 nitrogen and oxygen atoms in total. The summed E-state index contributed by atoms with van der Waals surface area (Å²) in [5.41, 5.74) is 3.72. The van der Waals surface area contributed by atoms with Crippen LogP contribution in [0.4, 0.5) is 0 Å². The van der Waals surface area contributed by atoms with Crippen molar-refractivity contribution in [2.75, 3.05) is 20.2 Å². The van der Waals surface area contributed by atoms with Crippen molar-refractivity contribution in [3.63, 3.8) is 0 Å². The number of hydrogen-bond acceptors (Lipinski definition) is 5. The Balaban J connectivity index is 1.17. The van der Waals surface area contributed by atoms with Crippen LogP contribution in [0, 0.1) is 0 Å². The third-order valence-corrected chi connectivity index (χ3v) is 7.23. The van der Waals surface area contributed by atoms with Crippen molar-refractivity contribution in [2.45, 2.75) is 45.1 Å². The van der Waals surface area contributed by atoms with Crippen molar-refractivity contribution < 1.29 is 13.9 Å². The van der Waals surface area contributed by atoms with Gasteiger partial charge in [0.1, 0.15) is 11.5 Å². The van der Waals surface area contributed by atoms with Gasteiger partial charge in [-0.1, -0.05) is 72.8 Å². The molecule has 1 amide bonds. The number of methoxy groups -OCH3 is 1. The first-order valence-corrected chi connectivity index (χ1v) is 13.7. The van der Waals surface area contributed by atoms with E-state index in [0.29, 0.717) is 12.3 Å². The third-order valence-electron chi connectivity index (χ3n) is 7.23. The monoisotopic (exact) mass is 523 g/mol. The minimum Gasteiger partial charge on any atom is -0.497 e. The fourth-order valence-electron chi connectivity index (χ4n) is 5.18. The molecule has 0 bridgehead atoms. The van der Waals surface area contributed by atoms with E-state index in [9.17, 15) is 4.79 Å². The lowest BCUT2D eigenvalue weighted by molar-refractivity contribution is 0.0876. The van der Waals surface area contributed by atoms with Gasteiger partial charge in [0.25, 0.3) is 5.91 Å². The van der Waals surface area contributed by atoms with Gasteiger partial charge < -0.3 is 14.5 Å². The van der Waals surface area contributed by atoms with Crippen molar-refractivity contribution in [2.24, 2.45) is 0 Å². The minimum absolute atomic E-state index is 0.134. The van der Waals surface area contributed by atoms with Gasteiger partial charge in [-0.2, -0.15) is 0 Å². The van der Waals surface area contributed by atoms with E-state index in [2.05, 4.69) is 75.8 Å². The molecule has 1 aliphatic rings. The smallest absolute Gasteiger partial charge is 0.287 e. The van der Waals surface area contributed by atoms with E-state index in [-0.39, 0.29) is 11.9 Å². The zero-order valence-electron chi connectivity index (χ0n) is 22.6. The highest BCUT2D eigenvalue weighted by Crippen LogP contribution is 2.20. The van der Waals surface area contributed by atoms with Gasteiger partial charge in [0.2, 0.25) is 0 Å². The Morgan fingerprint density at radius 1 is 0.846 bits per heavy atom. The molecule has 5 rings (SSSR count). The lowest BCUT2D eigenvalue weighted by Crippen LogP contribution is -2.44. The molecule has 0 radical (unpaired) electrons. The standard InChI is InChI=1S/C33H37N3O3/c1-38-30-14-8-13-28(21-30)24-36(23-27-11-6-3-7-12-27)25-31-15-16-32(39-31)33(37)34-29-17-19-35(20-18-29)22-26-9-4-2-5-10-26/h2-16,21,29H,17-20,22-25H2,1H3,(H,34,37). The molecule has 0 unspecified atom stereocenters. The molecular formula is C33H37N3O3. The fraction of sp³-hybridized carbons (Fsp3) is 0.303.